The van der Waals surface area contributed by atoms with Gasteiger partial charge in [-0.3, -0.25) is 14.5 Å². The van der Waals surface area contributed by atoms with Crippen LogP contribution in [0.4, 0.5) is 11.4 Å². The van der Waals surface area contributed by atoms with Crippen LogP contribution < -0.4 is 0 Å². The summed E-state index contributed by atoms with van der Waals surface area (Å²) < 4.78 is 0. The molecule has 0 aliphatic heterocycles. The van der Waals surface area contributed by atoms with E-state index in [1.807, 2.05) is 0 Å². The maximum Gasteiger partial charge on any atom is 0.240 e. The molecule has 7 nitrogen and oxygen atoms in total. The van der Waals surface area contributed by atoms with E-state index in [0.29, 0.717) is 22.5 Å². The summed E-state index contributed by atoms with van der Waals surface area (Å²) in [6.07, 6.45) is 2.91. The zero-order valence-corrected chi connectivity index (χ0v) is 14.2. The predicted molar refractivity (Wildman–Crippen MR) is 93.5 cm³/mol. The third kappa shape index (κ3) is 4.24. The van der Waals surface area contributed by atoms with Gasteiger partial charge < -0.3 is 0 Å². The van der Waals surface area contributed by atoms with Crippen molar-refractivity contribution in [3.63, 3.8) is 0 Å². The van der Waals surface area contributed by atoms with Crippen LogP contribution in [0.15, 0.2) is 58.5 Å². The molecule has 7 heteroatoms. The Morgan fingerprint density at radius 3 is 1.38 bits per heavy atom. The van der Waals surface area contributed by atoms with Gasteiger partial charge in [-0.2, -0.15) is 9.98 Å². The lowest BCUT2D eigenvalue weighted by Gasteiger charge is -2.29. The molecule has 2 rings (SSSR count). The number of imide groups is 1. The van der Waals surface area contributed by atoms with Crippen LogP contribution in [-0.4, -0.2) is 28.9 Å². The lowest BCUT2D eigenvalue weighted by Crippen LogP contribution is -2.37. The molecule has 2 aromatic carbocycles. The number of hydrogen-bond acceptors (Lipinski definition) is 6. The first-order chi connectivity index (χ1) is 12.5. The molecule has 0 aliphatic carbocycles. The largest absolute Gasteiger partial charge is 0.275 e. The molecule has 130 valence electrons. The van der Waals surface area contributed by atoms with Gasteiger partial charge in [0, 0.05) is 13.8 Å². The smallest absolute Gasteiger partial charge is 0.240 e. The van der Waals surface area contributed by atoms with Crippen LogP contribution in [0.1, 0.15) is 31.0 Å². The van der Waals surface area contributed by atoms with Crippen molar-refractivity contribution < 1.29 is 19.2 Å². The molecule has 0 bridgehead atoms. The number of carbonyl (C=O) groups is 2. The Labute approximate surface area is 149 Å². The van der Waals surface area contributed by atoms with E-state index in [0.717, 1.165) is 4.90 Å². The average molecular weight is 349 g/mol. The lowest BCUT2D eigenvalue weighted by atomic mass is 9.96. The van der Waals surface area contributed by atoms with Crippen LogP contribution >= 0.6 is 0 Å². The van der Waals surface area contributed by atoms with Gasteiger partial charge in [-0.1, -0.05) is 24.3 Å². The standard InChI is InChI=1S/C19H15N3O4/c1-13(25)22(14(2)26)19(15-3-7-17(8-4-15)20-11-23)16-5-9-18(10-6-16)21-12-24/h3-10,19H,1-2H3. The fourth-order valence-corrected chi connectivity index (χ4v) is 2.64. The van der Waals surface area contributed by atoms with Crippen molar-refractivity contribution in [1.29, 1.82) is 0 Å². The molecule has 0 fully saturated rings. The zero-order valence-electron chi connectivity index (χ0n) is 14.2. The highest BCUT2D eigenvalue weighted by atomic mass is 16.2. The summed E-state index contributed by atoms with van der Waals surface area (Å²) in [5.41, 5.74) is 2.14. The predicted octanol–water partition coefficient (Wildman–Crippen LogP) is 3.11. The van der Waals surface area contributed by atoms with E-state index in [1.165, 1.54) is 26.0 Å². The van der Waals surface area contributed by atoms with Crippen molar-refractivity contribution >= 4 is 35.3 Å². The van der Waals surface area contributed by atoms with E-state index in [-0.39, 0.29) is 0 Å². The van der Waals surface area contributed by atoms with Crippen LogP contribution in [0, 0.1) is 0 Å². The van der Waals surface area contributed by atoms with E-state index in [4.69, 9.17) is 0 Å². The Balaban J connectivity index is 2.57. The van der Waals surface area contributed by atoms with Crippen LogP contribution in [0.2, 0.25) is 0 Å². The summed E-state index contributed by atoms with van der Waals surface area (Å²) in [7, 11) is 0. The SMILES string of the molecule is CC(=O)N(C(C)=O)C(c1ccc(N=C=O)cc1)c1ccc(N=C=O)cc1. The van der Waals surface area contributed by atoms with E-state index in [2.05, 4.69) is 9.98 Å². The molecule has 0 unspecified atom stereocenters. The zero-order chi connectivity index (χ0) is 19.1. The second-order valence-electron chi connectivity index (χ2n) is 5.40. The first kappa shape index (κ1) is 18.7. The van der Waals surface area contributed by atoms with Crippen LogP contribution in [-0.2, 0) is 19.2 Å². The Morgan fingerprint density at radius 1 is 0.769 bits per heavy atom. The minimum atomic E-state index is -0.673. The summed E-state index contributed by atoms with van der Waals surface area (Å²) in [5, 5.41) is 0. The highest BCUT2D eigenvalue weighted by Gasteiger charge is 2.28. The monoisotopic (exact) mass is 349 g/mol. The molecule has 2 aromatic rings. The first-order valence-corrected chi connectivity index (χ1v) is 7.64. The fourth-order valence-electron chi connectivity index (χ4n) is 2.64. The number of isocyanates is 2. The minimum absolute atomic E-state index is 0.410. The van der Waals surface area contributed by atoms with Gasteiger partial charge >= 0.3 is 0 Å². The molecule has 0 saturated heterocycles. The van der Waals surface area contributed by atoms with Crippen LogP contribution in [0.5, 0.6) is 0 Å². The molecule has 26 heavy (non-hydrogen) atoms. The van der Waals surface area contributed by atoms with Crippen molar-refractivity contribution in [2.45, 2.75) is 19.9 Å². The second kappa shape index (κ2) is 8.44. The van der Waals surface area contributed by atoms with Gasteiger partial charge in [0.1, 0.15) is 0 Å². The van der Waals surface area contributed by atoms with Crippen molar-refractivity contribution in [2.24, 2.45) is 9.98 Å². The van der Waals surface area contributed by atoms with Crippen molar-refractivity contribution in [1.82, 2.24) is 4.90 Å². The molecule has 0 N–H and O–H groups in total. The van der Waals surface area contributed by atoms with Gasteiger partial charge in [0.05, 0.1) is 17.4 Å². The summed E-state index contributed by atoms with van der Waals surface area (Å²) in [4.78, 5) is 53.1. The third-order valence-corrected chi connectivity index (χ3v) is 3.70. The van der Waals surface area contributed by atoms with Crippen molar-refractivity contribution in [2.75, 3.05) is 0 Å². The highest BCUT2D eigenvalue weighted by molar-refractivity contribution is 5.94. The van der Waals surface area contributed by atoms with E-state index in [1.54, 1.807) is 48.5 Å². The molecule has 2 amide bonds. The molecule has 0 radical (unpaired) electrons. The molecule has 0 atom stereocenters. The number of amides is 2. The van der Waals surface area contributed by atoms with Crippen LogP contribution in [0.3, 0.4) is 0 Å². The summed E-state index contributed by atoms with van der Waals surface area (Å²) in [6, 6.07) is 12.4. The van der Waals surface area contributed by atoms with E-state index < -0.39 is 17.9 Å². The number of aliphatic imine (C=N–C) groups is 2. The number of hydrogen-bond donors (Lipinski definition) is 0. The lowest BCUT2D eigenvalue weighted by molar-refractivity contribution is -0.144. The Hall–Kier alpha value is -3.66. The van der Waals surface area contributed by atoms with Gasteiger partial charge in [0.15, 0.2) is 0 Å². The highest BCUT2D eigenvalue weighted by Crippen LogP contribution is 2.31. The minimum Gasteiger partial charge on any atom is -0.275 e. The van der Waals surface area contributed by atoms with E-state index >= 15 is 0 Å². The molecule has 0 spiro atoms. The van der Waals surface area contributed by atoms with Gasteiger partial charge in [0.25, 0.3) is 0 Å². The number of benzene rings is 2. The fraction of sp³-hybridized carbons (Fsp3) is 0.158. The summed E-state index contributed by atoms with van der Waals surface area (Å²) in [6.45, 7) is 2.62. The molecule has 0 aromatic heterocycles. The summed E-state index contributed by atoms with van der Waals surface area (Å²) >= 11 is 0. The Morgan fingerprint density at radius 2 is 1.12 bits per heavy atom. The normalized spacial score (nSPS) is 10.8. The van der Waals surface area contributed by atoms with Crippen LogP contribution in [0.25, 0.3) is 0 Å². The Kier molecular flexibility index (Phi) is 6.06. The molecule has 0 saturated carbocycles. The molecular weight excluding hydrogens is 334 g/mol. The molecule has 0 aliphatic rings. The first-order valence-electron chi connectivity index (χ1n) is 7.64. The number of carbonyl (C=O) groups excluding carboxylic acids is 4. The summed E-state index contributed by atoms with van der Waals surface area (Å²) in [5.74, 6) is -0.819. The molecular formula is C19H15N3O4. The quantitative estimate of drug-likeness (QED) is 0.612. The van der Waals surface area contributed by atoms with E-state index in [9.17, 15) is 19.2 Å². The average Bonchev–Trinajstić information content (AvgIpc) is 2.61. The van der Waals surface area contributed by atoms with Gasteiger partial charge in [-0.05, 0) is 35.4 Å². The third-order valence-electron chi connectivity index (χ3n) is 3.70. The number of rotatable bonds is 5. The second-order valence-corrected chi connectivity index (χ2v) is 5.40. The topological polar surface area (TPSA) is 96.2 Å². The maximum absolute atomic E-state index is 12.1. The number of nitrogens with zero attached hydrogens (tertiary/aromatic N) is 3. The van der Waals surface area contributed by atoms with Crippen molar-refractivity contribution in [3.05, 3.63) is 59.7 Å². The Bertz CT molecular complexity index is 831. The van der Waals surface area contributed by atoms with Gasteiger partial charge in [-0.15, -0.1) is 0 Å². The maximum atomic E-state index is 12.1. The van der Waals surface area contributed by atoms with Gasteiger partial charge in [0.2, 0.25) is 24.0 Å². The van der Waals surface area contributed by atoms with Gasteiger partial charge in [-0.25, -0.2) is 9.59 Å². The molecule has 0 heterocycles. The van der Waals surface area contributed by atoms with Crippen molar-refractivity contribution in [3.8, 4) is 0 Å².